The Morgan fingerprint density at radius 2 is 1.95 bits per heavy atom. The van der Waals surface area contributed by atoms with Crippen molar-refractivity contribution < 1.29 is 0 Å². The minimum absolute atomic E-state index is 0.0667. The molecule has 3 heteroatoms. The van der Waals surface area contributed by atoms with Crippen molar-refractivity contribution in [1.29, 1.82) is 0 Å². The average Bonchev–Trinajstić information content (AvgIpc) is 2.85. The number of hydrogen-bond donors (Lipinski definition) is 1. The lowest BCUT2D eigenvalue weighted by atomic mass is 9.98. The van der Waals surface area contributed by atoms with Crippen LogP contribution in [0.1, 0.15) is 22.7 Å². The summed E-state index contributed by atoms with van der Waals surface area (Å²) in [5.41, 5.74) is 10.0. The fourth-order valence-corrected chi connectivity index (χ4v) is 3.52. The SMILES string of the molecule is Cc1cc(C(N)c2csc3ccccc23)ccc1Br. The van der Waals surface area contributed by atoms with Crippen LogP contribution in [0.15, 0.2) is 52.3 Å². The maximum absolute atomic E-state index is 6.44. The lowest BCUT2D eigenvalue weighted by molar-refractivity contribution is 0.882. The zero-order valence-corrected chi connectivity index (χ0v) is 13.0. The van der Waals surface area contributed by atoms with Gasteiger partial charge in [0.05, 0.1) is 6.04 Å². The quantitative estimate of drug-likeness (QED) is 0.700. The second kappa shape index (κ2) is 5.08. The molecule has 2 aromatic carbocycles. The molecular weight excluding hydrogens is 318 g/mol. The molecule has 0 aliphatic carbocycles. The number of thiophene rings is 1. The average molecular weight is 332 g/mol. The van der Waals surface area contributed by atoms with Crippen LogP contribution in [0.3, 0.4) is 0 Å². The van der Waals surface area contributed by atoms with Gasteiger partial charge in [-0.15, -0.1) is 11.3 Å². The first kappa shape index (κ1) is 12.9. The van der Waals surface area contributed by atoms with E-state index in [2.05, 4.69) is 70.7 Å². The van der Waals surface area contributed by atoms with Crippen LogP contribution in [0, 0.1) is 6.92 Å². The monoisotopic (exact) mass is 331 g/mol. The lowest BCUT2D eigenvalue weighted by Crippen LogP contribution is -2.11. The number of nitrogens with two attached hydrogens (primary N) is 1. The van der Waals surface area contributed by atoms with E-state index in [0.717, 1.165) is 10.0 Å². The molecule has 2 N–H and O–H groups in total. The summed E-state index contributed by atoms with van der Waals surface area (Å²) in [5, 5.41) is 3.44. The van der Waals surface area contributed by atoms with Crippen LogP contribution in [0.25, 0.3) is 10.1 Å². The summed E-state index contributed by atoms with van der Waals surface area (Å²) in [6.07, 6.45) is 0. The zero-order valence-electron chi connectivity index (χ0n) is 10.6. The van der Waals surface area contributed by atoms with Crippen molar-refractivity contribution in [3.63, 3.8) is 0 Å². The molecule has 0 saturated carbocycles. The predicted octanol–water partition coefficient (Wildman–Crippen LogP) is 5.02. The van der Waals surface area contributed by atoms with E-state index in [9.17, 15) is 0 Å². The number of hydrogen-bond acceptors (Lipinski definition) is 2. The molecule has 1 unspecified atom stereocenters. The Balaban J connectivity index is 2.08. The summed E-state index contributed by atoms with van der Waals surface area (Å²) < 4.78 is 2.42. The van der Waals surface area contributed by atoms with E-state index >= 15 is 0 Å². The van der Waals surface area contributed by atoms with Gasteiger partial charge in [-0.05, 0) is 46.5 Å². The van der Waals surface area contributed by atoms with Gasteiger partial charge in [-0.3, -0.25) is 0 Å². The number of halogens is 1. The fourth-order valence-electron chi connectivity index (χ4n) is 2.28. The molecule has 96 valence electrons. The van der Waals surface area contributed by atoms with Gasteiger partial charge in [-0.1, -0.05) is 46.3 Å². The molecule has 1 aromatic heterocycles. The lowest BCUT2D eigenvalue weighted by Gasteiger charge is -2.13. The number of fused-ring (bicyclic) bond motifs is 1. The third-order valence-electron chi connectivity index (χ3n) is 3.39. The van der Waals surface area contributed by atoms with Crippen molar-refractivity contribution in [3.05, 3.63) is 69.0 Å². The van der Waals surface area contributed by atoms with E-state index < -0.39 is 0 Å². The molecule has 0 aliphatic heterocycles. The standard InChI is InChI=1S/C16H14BrNS/c1-10-8-11(6-7-14(10)17)16(18)13-9-19-15-5-3-2-4-12(13)15/h2-9,16H,18H2,1H3. The highest BCUT2D eigenvalue weighted by atomic mass is 79.9. The maximum Gasteiger partial charge on any atom is 0.0566 e. The summed E-state index contributed by atoms with van der Waals surface area (Å²) in [6.45, 7) is 2.09. The molecule has 19 heavy (non-hydrogen) atoms. The number of aryl methyl sites for hydroxylation is 1. The molecule has 1 atom stereocenters. The third-order valence-corrected chi connectivity index (χ3v) is 5.26. The molecule has 0 fully saturated rings. The third kappa shape index (κ3) is 2.34. The summed E-state index contributed by atoms with van der Waals surface area (Å²) in [5.74, 6) is 0. The second-order valence-corrected chi connectivity index (χ2v) is 6.44. The van der Waals surface area contributed by atoms with Gasteiger partial charge in [0.2, 0.25) is 0 Å². The Bertz CT molecular complexity index is 732. The van der Waals surface area contributed by atoms with Crippen molar-refractivity contribution in [2.75, 3.05) is 0 Å². The van der Waals surface area contributed by atoms with Gasteiger partial charge in [0.15, 0.2) is 0 Å². The van der Waals surface area contributed by atoms with Crippen molar-refractivity contribution in [3.8, 4) is 0 Å². The van der Waals surface area contributed by atoms with E-state index in [1.54, 1.807) is 11.3 Å². The molecule has 0 bridgehead atoms. The van der Waals surface area contributed by atoms with Crippen LogP contribution in [0.4, 0.5) is 0 Å². The van der Waals surface area contributed by atoms with Crippen LogP contribution in [0.5, 0.6) is 0 Å². The van der Waals surface area contributed by atoms with Crippen LogP contribution >= 0.6 is 27.3 Å². The summed E-state index contributed by atoms with van der Waals surface area (Å²) in [6, 6.07) is 14.7. The van der Waals surface area contributed by atoms with Gasteiger partial charge in [0, 0.05) is 9.17 Å². The fraction of sp³-hybridized carbons (Fsp3) is 0.125. The van der Waals surface area contributed by atoms with Crippen LogP contribution < -0.4 is 5.73 Å². The van der Waals surface area contributed by atoms with Crippen molar-refractivity contribution in [1.82, 2.24) is 0 Å². The zero-order chi connectivity index (χ0) is 13.4. The Morgan fingerprint density at radius 3 is 2.74 bits per heavy atom. The summed E-state index contributed by atoms with van der Waals surface area (Å²) >= 11 is 5.28. The van der Waals surface area contributed by atoms with E-state index in [4.69, 9.17) is 5.73 Å². The Morgan fingerprint density at radius 1 is 1.16 bits per heavy atom. The van der Waals surface area contributed by atoms with Gasteiger partial charge in [0.1, 0.15) is 0 Å². The topological polar surface area (TPSA) is 26.0 Å². The van der Waals surface area contributed by atoms with Crippen LogP contribution in [0.2, 0.25) is 0 Å². The summed E-state index contributed by atoms with van der Waals surface area (Å²) in [7, 11) is 0. The molecule has 0 spiro atoms. The van der Waals surface area contributed by atoms with Gasteiger partial charge in [0.25, 0.3) is 0 Å². The molecule has 3 rings (SSSR count). The van der Waals surface area contributed by atoms with Gasteiger partial charge in [-0.25, -0.2) is 0 Å². The van der Waals surface area contributed by atoms with Gasteiger partial charge >= 0.3 is 0 Å². The maximum atomic E-state index is 6.44. The molecule has 1 heterocycles. The molecule has 0 saturated heterocycles. The molecule has 1 nitrogen and oxygen atoms in total. The van der Waals surface area contributed by atoms with Crippen molar-refractivity contribution in [2.45, 2.75) is 13.0 Å². The van der Waals surface area contributed by atoms with Gasteiger partial charge in [-0.2, -0.15) is 0 Å². The van der Waals surface area contributed by atoms with Crippen LogP contribution in [-0.4, -0.2) is 0 Å². The van der Waals surface area contributed by atoms with Gasteiger partial charge < -0.3 is 5.73 Å². The first-order valence-corrected chi connectivity index (χ1v) is 7.82. The number of rotatable bonds is 2. The molecule has 0 amide bonds. The first-order chi connectivity index (χ1) is 9.16. The highest BCUT2D eigenvalue weighted by molar-refractivity contribution is 9.10. The normalized spacial score (nSPS) is 12.8. The minimum atomic E-state index is -0.0667. The molecule has 0 aliphatic rings. The Hall–Kier alpha value is -1.16. The van der Waals surface area contributed by atoms with Crippen LogP contribution in [-0.2, 0) is 0 Å². The highest BCUT2D eigenvalue weighted by Gasteiger charge is 2.14. The second-order valence-electron chi connectivity index (χ2n) is 4.67. The Labute approximate surface area is 125 Å². The smallest absolute Gasteiger partial charge is 0.0566 e. The first-order valence-electron chi connectivity index (χ1n) is 6.14. The van der Waals surface area contributed by atoms with Crippen molar-refractivity contribution in [2.24, 2.45) is 5.73 Å². The van der Waals surface area contributed by atoms with E-state index in [-0.39, 0.29) is 6.04 Å². The van der Waals surface area contributed by atoms with E-state index in [1.165, 1.54) is 21.2 Å². The molecular formula is C16H14BrNS. The number of benzene rings is 2. The predicted molar refractivity (Wildman–Crippen MR) is 86.7 cm³/mol. The van der Waals surface area contributed by atoms with E-state index in [1.807, 2.05) is 0 Å². The Kier molecular flexibility index (Phi) is 3.44. The highest BCUT2D eigenvalue weighted by Crippen LogP contribution is 2.33. The summed E-state index contributed by atoms with van der Waals surface area (Å²) in [4.78, 5) is 0. The molecule has 3 aromatic rings. The molecule has 0 radical (unpaired) electrons. The van der Waals surface area contributed by atoms with E-state index in [0.29, 0.717) is 0 Å². The largest absolute Gasteiger partial charge is 0.320 e. The van der Waals surface area contributed by atoms with Crippen molar-refractivity contribution >= 4 is 37.4 Å². The minimum Gasteiger partial charge on any atom is -0.320 e.